The van der Waals surface area contributed by atoms with Gasteiger partial charge >= 0.3 is 0 Å². The van der Waals surface area contributed by atoms with Gasteiger partial charge in [-0.05, 0) is 44.7 Å². The molecule has 6 heteroatoms. The zero-order valence-corrected chi connectivity index (χ0v) is 16.6. The van der Waals surface area contributed by atoms with E-state index >= 15 is 0 Å². The van der Waals surface area contributed by atoms with Gasteiger partial charge in [-0.15, -0.1) is 0 Å². The van der Waals surface area contributed by atoms with Gasteiger partial charge in [0.05, 0.1) is 12.6 Å². The number of anilines is 1. The van der Waals surface area contributed by atoms with Crippen LogP contribution in [0.3, 0.4) is 0 Å². The first-order valence-corrected chi connectivity index (χ1v) is 10.2. The summed E-state index contributed by atoms with van der Waals surface area (Å²) in [5.41, 5.74) is 1.94. The maximum atomic E-state index is 12.6. The summed E-state index contributed by atoms with van der Waals surface area (Å²) in [6.45, 7) is 9.59. The van der Waals surface area contributed by atoms with E-state index in [0.29, 0.717) is 6.54 Å². The largest absolute Gasteiger partial charge is 0.342 e. The summed E-state index contributed by atoms with van der Waals surface area (Å²) in [7, 11) is 0. The molecule has 27 heavy (non-hydrogen) atoms. The number of nitrogens with one attached hydrogen (secondary N) is 1. The van der Waals surface area contributed by atoms with Crippen LogP contribution in [-0.2, 0) is 9.59 Å². The molecule has 0 radical (unpaired) electrons. The second-order valence-corrected chi connectivity index (χ2v) is 7.73. The Morgan fingerprint density at radius 3 is 2.33 bits per heavy atom. The Kier molecular flexibility index (Phi) is 6.85. The first-order chi connectivity index (χ1) is 13.0. The molecule has 2 saturated heterocycles. The molecule has 0 aromatic heterocycles. The molecule has 0 spiro atoms. The molecule has 3 rings (SSSR count). The number of aryl methyl sites for hydroxylation is 1. The number of hydrogen-bond acceptors (Lipinski definition) is 4. The predicted molar refractivity (Wildman–Crippen MR) is 108 cm³/mol. The molecule has 1 aromatic rings. The molecule has 2 aliphatic heterocycles. The minimum absolute atomic E-state index is 0.0298. The first kappa shape index (κ1) is 19.8. The van der Waals surface area contributed by atoms with E-state index < -0.39 is 0 Å². The van der Waals surface area contributed by atoms with Crippen LogP contribution in [0.15, 0.2) is 24.3 Å². The number of carbonyl (C=O) groups is 2. The fraction of sp³-hybridized carbons (Fsp3) is 0.619. The van der Waals surface area contributed by atoms with Crippen molar-refractivity contribution in [1.82, 2.24) is 14.7 Å². The third-order valence-electron chi connectivity index (χ3n) is 5.80. The number of nitrogens with zero attached hydrogens (tertiary/aromatic N) is 3. The van der Waals surface area contributed by atoms with E-state index in [2.05, 4.69) is 15.1 Å². The smallest absolute Gasteiger partial charge is 0.241 e. The normalized spacial score (nSPS) is 20.3. The Balaban J connectivity index is 1.44. The Labute approximate surface area is 162 Å². The van der Waals surface area contributed by atoms with Crippen LogP contribution in [0.5, 0.6) is 0 Å². The van der Waals surface area contributed by atoms with E-state index in [-0.39, 0.29) is 17.9 Å². The van der Waals surface area contributed by atoms with Gasteiger partial charge in [-0.25, -0.2) is 0 Å². The topological polar surface area (TPSA) is 55.9 Å². The van der Waals surface area contributed by atoms with Crippen molar-refractivity contribution in [1.29, 1.82) is 0 Å². The zero-order valence-electron chi connectivity index (χ0n) is 16.6. The number of para-hydroxylation sites is 1. The van der Waals surface area contributed by atoms with Crippen molar-refractivity contribution >= 4 is 17.5 Å². The molecule has 2 heterocycles. The SMILES string of the molecule is Cc1ccccc1NC(=O)C(C)N1CCN(CC(=O)N2CCCCC2)CC1. The number of carbonyl (C=O) groups excluding carboxylic acids is 2. The van der Waals surface area contributed by atoms with Gasteiger partial charge < -0.3 is 10.2 Å². The van der Waals surface area contributed by atoms with E-state index in [9.17, 15) is 9.59 Å². The van der Waals surface area contributed by atoms with Gasteiger partial charge in [-0.1, -0.05) is 18.2 Å². The van der Waals surface area contributed by atoms with Gasteiger partial charge in [0.2, 0.25) is 11.8 Å². The van der Waals surface area contributed by atoms with Gasteiger partial charge in [0, 0.05) is 45.0 Å². The average molecular weight is 373 g/mol. The lowest BCUT2D eigenvalue weighted by molar-refractivity contribution is -0.134. The molecule has 0 saturated carbocycles. The maximum absolute atomic E-state index is 12.6. The van der Waals surface area contributed by atoms with Crippen molar-refractivity contribution in [3.05, 3.63) is 29.8 Å². The molecule has 6 nitrogen and oxygen atoms in total. The third-order valence-corrected chi connectivity index (χ3v) is 5.80. The number of piperazine rings is 1. The summed E-state index contributed by atoms with van der Waals surface area (Å²) >= 11 is 0. The highest BCUT2D eigenvalue weighted by atomic mass is 16.2. The molecule has 1 unspecified atom stereocenters. The summed E-state index contributed by atoms with van der Waals surface area (Å²) in [6, 6.07) is 7.66. The van der Waals surface area contributed by atoms with Crippen LogP contribution in [0, 0.1) is 6.92 Å². The van der Waals surface area contributed by atoms with Gasteiger partial charge in [-0.3, -0.25) is 19.4 Å². The zero-order chi connectivity index (χ0) is 19.2. The summed E-state index contributed by atoms with van der Waals surface area (Å²) in [5.74, 6) is 0.288. The summed E-state index contributed by atoms with van der Waals surface area (Å²) in [6.07, 6.45) is 3.50. The van der Waals surface area contributed by atoms with E-state index in [1.165, 1.54) is 6.42 Å². The van der Waals surface area contributed by atoms with Crippen molar-refractivity contribution in [3.8, 4) is 0 Å². The fourth-order valence-electron chi connectivity index (χ4n) is 3.86. The Morgan fingerprint density at radius 1 is 1.00 bits per heavy atom. The van der Waals surface area contributed by atoms with Crippen LogP contribution in [0.4, 0.5) is 5.69 Å². The molecule has 1 aromatic carbocycles. The lowest BCUT2D eigenvalue weighted by atomic mass is 10.1. The number of hydrogen-bond donors (Lipinski definition) is 1. The van der Waals surface area contributed by atoms with E-state index in [4.69, 9.17) is 0 Å². The standard InChI is InChI=1S/C21H32N4O2/c1-17-8-4-5-9-19(17)22-21(27)18(2)24-14-12-23(13-15-24)16-20(26)25-10-6-3-7-11-25/h4-5,8-9,18H,3,6-7,10-16H2,1-2H3,(H,22,27). The molecular weight excluding hydrogens is 340 g/mol. The van der Waals surface area contributed by atoms with Crippen LogP contribution in [0.2, 0.25) is 0 Å². The molecular formula is C21H32N4O2. The Hall–Kier alpha value is -1.92. The third kappa shape index (κ3) is 5.30. The summed E-state index contributed by atoms with van der Waals surface area (Å²) < 4.78 is 0. The molecule has 2 aliphatic rings. The van der Waals surface area contributed by atoms with E-state index in [1.54, 1.807) is 0 Å². The maximum Gasteiger partial charge on any atom is 0.241 e. The second kappa shape index (κ2) is 9.33. The van der Waals surface area contributed by atoms with Crippen molar-refractivity contribution in [2.45, 2.75) is 39.2 Å². The Bertz CT molecular complexity index is 649. The highest BCUT2D eigenvalue weighted by Gasteiger charge is 2.27. The number of benzene rings is 1. The van der Waals surface area contributed by atoms with Crippen molar-refractivity contribution in [2.24, 2.45) is 0 Å². The van der Waals surface area contributed by atoms with Crippen LogP contribution in [-0.4, -0.2) is 78.4 Å². The lowest BCUT2D eigenvalue weighted by Crippen LogP contribution is -2.54. The molecule has 2 fully saturated rings. The van der Waals surface area contributed by atoms with Gasteiger partial charge in [-0.2, -0.15) is 0 Å². The minimum Gasteiger partial charge on any atom is -0.342 e. The number of rotatable bonds is 5. The number of piperidine rings is 1. The molecule has 0 bridgehead atoms. The van der Waals surface area contributed by atoms with Crippen molar-refractivity contribution < 1.29 is 9.59 Å². The monoisotopic (exact) mass is 372 g/mol. The highest BCUT2D eigenvalue weighted by molar-refractivity contribution is 5.95. The quantitative estimate of drug-likeness (QED) is 0.858. The molecule has 2 amide bonds. The van der Waals surface area contributed by atoms with Crippen molar-refractivity contribution in [2.75, 3.05) is 51.1 Å². The van der Waals surface area contributed by atoms with Gasteiger partial charge in [0.25, 0.3) is 0 Å². The highest BCUT2D eigenvalue weighted by Crippen LogP contribution is 2.15. The van der Waals surface area contributed by atoms with Gasteiger partial charge in [0.1, 0.15) is 0 Å². The van der Waals surface area contributed by atoms with E-state index in [1.807, 2.05) is 43.0 Å². The lowest BCUT2D eigenvalue weighted by Gasteiger charge is -2.38. The molecule has 1 atom stereocenters. The molecule has 148 valence electrons. The van der Waals surface area contributed by atoms with Gasteiger partial charge in [0.15, 0.2) is 0 Å². The van der Waals surface area contributed by atoms with Crippen LogP contribution >= 0.6 is 0 Å². The first-order valence-electron chi connectivity index (χ1n) is 10.2. The average Bonchev–Trinajstić information content (AvgIpc) is 2.70. The molecule has 1 N–H and O–H groups in total. The molecule has 0 aliphatic carbocycles. The minimum atomic E-state index is -0.176. The predicted octanol–water partition coefficient (Wildman–Crippen LogP) is 1.95. The van der Waals surface area contributed by atoms with E-state index in [0.717, 1.165) is 63.4 Å². The Morgan fingerprint density at radius 2 is 1.67 bits per heavy atom. The second-order valence-electron chi connectivity index (χ2n) is 7.73. The number of amides is 2. The van der Waals surface area contributed by atoms with Crippen LogP contribution < -0.4 is 5.32 Å². The summed E-state index contributed by atoms with van der Waals surface area (Å²) in [5, 5.41) is 3.04. The fourth-order valence-corrected chi connectivity index (χ4v) is 3.86. The number of likely N-dealkylation sites (tertiary alicyclic amines) is 1. The van der Waals surface area contributed by atoms with Crippen molar-refractivity contribution in [3.63, 3.8) is 0 Å². The van der Waals surface area contributed by atoms with Crippen LogP contribution in [0.25, 0.3) is 0 Å². The summed E-state index contributed by atoms with van der Waals surface area (Å²) in [4.78, 5) is 31.5. The van der Waals surface area contributed by atoms with Crippen LogP contribution in [0.1, 0.15) is 31.7 Å².